The third kappa shape index (κ3) is 3.85. The number of hydrogen-bond donors (Lipinski definition) is 3. The summed E-state index contributed by atoms with van der Waals surface area (Å²) in [7, 11) is 0. The van der Waals surface area contributed by atoms with Crippen molar-refractivity contribution in [2.75, 3.05) is 6.61 Å². The number of nitrogens with one attached hydrogen (secondary N) is 1. The standard InChI is InChI=1S/C12H23NO4/c1-7-8(6-14)5-9(10(7)15)13-11(16)17-12(2,3)4/h7-10,14-15H,5-6H2,1-4H3,(H,13,16)/t7-,8?,9?,10+/m0/s1. The van der Waals surface area contributed by atoms with Gasteiger partial charge in [-0.3, -0.25) is 0 Å². The second kappa shape index (κ2) is 5.23. The number of hydrogen-bond acceptors (Lipinski definition) is 4. The molecule has 0 aromatic heterocycles. The average molecular weight is 245 g/mol. The number of alkyl carbamates (subject to hydrolysis) is 1. The van der Waals surface area contributed by atoms with E-state index in [-0.39, 0.29) is 24.5 Å². The van der Waals surface area contributed by atoms with Crippen LogP contribution < -0.4 is 5.32 Å². The van der Waals surface area contributed by atoms with Gasteiger partial charge in [-0.1, -0.05) is 6.92 Å². The van der Waals surface area contributed by atoms with E-state index in [0.717, 1.165) is 0 Å². The Morgan fingerprint density at radius 2 is 2.06 bits per heavy atom. The highest BCUT2D eigenvalue weighted by atomic mass is 16.6. The van der Waals surface area contributed by atoms with Gasteiger partial charge in [0.25, 0.3) is 0 Å². The maximum atomic E-state index is 11.6. The van der Waals surface area contributed by atoms with Crippen LogP contribution in [0.2, 0.25) is 0 Å². The van der Waals surface area contributed by atoms with E-state index in [4.69, 9.17) is 9.84 Å². The van der Waals surface area contributed by atoms with Gasteiger partial charge < -0.3 is 20.3 Å². The van der Waals surface area contributed by atoms with E-state index in [1.807, 2.05) is 6.92 Å². The van der Waals surface area contributed by atoms with Gasteiger partial charge in [0.1, 0.15) is 5.60 Å². The Kier molecular flexibility index (Phi) is 4.38. The molecule has 0 spiro atoms. The number of amides is 1. The van der Waals surface area contributed by atoms with Gasteiger partial charge in [-0.15, -0.1) is 0 Å². The Morgan fingerprint density at radius 3 is 2.47 bits per heavy atom. The van der Waals surface area contributed by atoms with Gasteiger partial charge >= 0.3 is 6.09 Å². The zero-order valence-electron chi connectivity index (χ0n) is 10.9. The molecule has 5 nitrogen and oxygen atoms in total. The molecule has 0 aromatic rings. The Bertz CT molecular complexity index is 274. The molecule has 1 aliphatic rings. The fourth-order valence-corrected chi connectivity index (χ4v) is 2.17. The predicted molar refractivity (Wildman–Crippen MR) is 63.5 cm³/mol. The molecule has 3 N–H and O–H groups in total. The van der Waals surface area contributed by atoms with Crippen molar-refractivity contribution in [2.24, 2.45) is 11.8 Å². The quantitative estimate of drug-likeness (QED) is 0.675. The SMILES string of the molecule is C[C@H]1C(CO)CC(NC(=O)OC(C)(C)C)[C@@H]1O. The molecule has 0 bridgehead atoms. The summed E-state index contributed by atoms with van der Waals surface area (Å²) in [4.78, 5) is 11.6. The first kappa shape index (κ1) is 14.3. The van der Waals surface area contributed by atoms with Crippen molar-refractivity contribution in [1.82, 2.24) is 5.32 Å². The summed E-state index contributed by atoms with van der Waals surface area (Å²) >= 11 is 0. The zero-order chi connectivity index (χ0) is 13.2. The minimum Gasteiger partial charge on any atom is -0.444 e. The fraction of sp³-hybridized carbons (Fsp3) is 0.917. The van der Waals surface area contributed by atoms with Crippen molar-refractivity contribution in [2.45, 2.75) is 51.9 Å². The topological polar surface area (TPSA) is 78.8 Å². The summed E-state index contributed by atoms with van der Waals surface area (Å²) in [5, 5.41) is 21.7. The van der Waals surface area contributed by atoms with Crippen molar-refractivity contribution < 1.29 is 19.7 Å². The van der Waals surface area contributed by atoms with Crippen LogP contribution in [0.25, 0.3) is 0 Å². The maximum absolute atomic E-state index is 11.6. The summed E-state index contributed by atoms with van der Waals surface area (Å²) in [6.07, 6.45) is -0.565. The molecule has 4 atom stereocenters. The van der Waals surface area contributed by atoms with Gasteiger partial charge in [0.2, 0.25) is 0 Å². The first-order valence-electron chi connectivity index (χ1n) is 6.03. The van der Waals surface area contributed by atoms with Gasteiger partial charge in [-0.25, -0.2) is 4.79 Å². The zero-order valence-corrected chi connectivity index (χ0v) is 10.9. The van der Waals surface area contributed by atoms with E-state index >= 15 is 0 Å². The molecule has 0 heterocycles. The molecule has 0 aromatic carbocycles. The summed E-state index contributed by atoms with van der Waals surface area (Å²) in [5.41, 5.74) is -0.546. The Morgan fingerprint density at radius 1 is 1.47 bits per heavy atom. The molecule has 1 fully saturated rings. The molecular formula is C12H23NO4. The monoisotopic (exact) mass is 245 g/mol. The normalized spacial score (nSPS) is 33.5. The molecule has 2 unspecified atom stereocenters. The van der Waals surface area contributed by atoms with Crippen LogP contribution in [0.5, 0.6) is 0 Å². The second-order valence-electron chi connectivity index (χ2n) is 5.78. The number of aliphatic hydroxyl groups excluding tert-OH is 2. The lowest BCUT2D eigenvalue weighted by molar-refractivity contribution is 0.0419. The van der Waals surface area contributed by atoms with E-state index in [2.05, 4.69) is 5.32 Å². The van der Waals surface area contributed by atoms with Crippen molar-refractivity contribution in [3.63, 3.8) is 0 Å². The van der Waals surface area contributed by atoms with E-state index in [1.165, 1.54) is 0 Å². The molecule has 100 valence electrons. The highest BCUT2D eigenvalue weighted by Gasteiger charge is 2.40. The van der Waals surface area contributed by atoms with Crippen LogP contribution in [0.1, 0.15) is 34.1 Å². The lowest BCUT2D eigenvalue weighted by atomic mass is 9.98. The van der Waals surface area contributed by atoms with Crippen molar-refractivity contribution >= 4 is 6.09 Å². The number of aliphatic hydroxyl groups is 2. The lowest BCUT2D eigenvalue weighted by Gasteiger charge is -2.23. The summed E-state index contributed by atoms with van der Waals surface area (Å²) in [6.45, 7) is 7.28. The van der Waals surface area contributed by atoms with Gasteiger partial charge in [-0.05, 0) is 39.0 Å². The Hall–Kier alpha value is -0.810. The highest BCUT2D eigenvalue weighted by Crippen LogP contribution is 2.31. The second-order valence-corrected chi connectivity index (χ2v) is 5.78. The van der Waals surface area contributed by atoms with Crippen molar-refractivity contribution in [3.05, 3.63) is 0 Å². The predicted octanol–water partition coefficient (Wildman–Crippen LogP) is 0.889. The van der Waals surface area contributed by atoms with Gasteiger partial charge in [-0.2, -0.15) is 0 Å². The first-order chi connectivity index (χ1) is 7.74. The number of ether oxygens (including phenoxy) is 1. The Balaban J connectivity index is 2.50. The van der Waals surface area contributed by atoms with Gasteiger partial charge in [0.15, 0.2) is 0 Å². The van der Waals surface area contributed by atoms with E-state index in [0.29, 0.717) is 6.42 Å². The lowest BCUT2D eigenvalue weighted by Crippen LogP contribution is -2.43. The molecule has 0 radical (unpaired) electrons. The van der Waals surface area contributed by atoms with Crippen molar-refractivity contribution in [1.29, 1.82) is 0 Å². The van der Waals surface area contributed by atoms with Crippen LogP contribution in [0, 0.1) is 11.8 Å². The number of carbonyl (C=O) groups excluding carboxylic acids is 1. The van der Waals surface area contributed by atoms with Crippen LogP contribution in [-0.2, 0) is 4.74 Å². The minimum absolute atomic E-state index is 0.0139. The average Bonchev–Trinajstić information content (AvgIpc) is 2.43. The first-order valence-corrected chi connectivity index (χ1v) is 6.03. The molecular weight excluding hydrogens is 222 g/mol. The number of carbonyl (C=O) groups is 1. The molecule has 5 heteroatoms. The highest BCUT2D eigenvalue weighted by molar-refractivity contribution is 5.68. The van der Waals surface area contributed by atoms with Gasteiger partial charge in [0, 0.05) is 6.61 Å². The molecule has 1 amide bonds. The van der Waals surface area contributed by atoms with E-state index in [9.17, 15) is 9.90 Å². The largest absolute Gasteiger partial charge is 0.444 e. The summed E-state index contributed by atoms with van der Waals surface area (Å²) in [6, 6.07) is -0.336. The van der Waals surface area contributed by atoms with E-state index < -0.39 is 17.8 Å². The fourth-order valence-electron chi connectivity index (χ4n) is 2.17. The van der Waals surface area contributed by atoms with Gasteiger partial charge in [0.05, 0.1) is 12.1 Å². The minimum atomic E-state index is -0.625. The summed E-state index contributed by atoms with van der Waals surface area (Å²) in [5.74, 6) is 0.0184. The third-order valence-electron chi connectivity index (χ3n) is 3.19. The molecule has 0 aliphatic heterocycles. The molecule has 1 saturated carbocycles. The van der Waals surface area contributed by atoms with E-state index in [1.54, 1.807) is 20.8 Å². The Labute approximate surface area is 102 Å². The molecule has 0 saturated heterocycles. The van der Waals surface area contributed by atoms with Crippen LogP contribution in [-0.4, -0.2) is 40.7 Å². The molecule has 17 heavy (non-hydrogen) atoms. The maximum Gasteiger partial charge on any atom is 0.407 e. The van der Waals surface area contributed by atoms with Crippen LogP contribution in [0.3, 0.4) is 0 Å². The van der Waals surface area contributed by atoms with Crippen molar-refractivity contribution in [3.8, 4) is 0 Å². The third-order valence-corrected chi connectivity index (χ3v) is 3.19. The molecule has 1 rings (SSSR count). The summed E-state index contributed by atoms with van der Waals surface area (Å²) < 4.78 is 5.13. The smallest absolute Gasteiger partial charge is 0.407 e. The van der Waals surface area contributed by atoms with Crippen LogP contribution >= 0.6 is 0 Å². The molecule has 1 aliphatic carbocycles. The van der Waals surface area contributed by atoms with Crippen LogP contribution in [0.15, 0.2) is 0 Å². The van der Waals surface area contributed by atoms with Crippen LogP contribution in [0.4, 0.5) is 4.79 Å². The number of rotatable bonds is 2.